The van der Waals surface area contributed by atoms with Crippen molar-refractivity contribution in [3.63, 3.8) is 0 Å². The standard InChI is InChI=1S/C14H26N2O3/c1-10(2)16(9-13(17)18)14(19)15-8-12-6-4-11(3)5-7-12/h10-12H,4-9H2,1-3H3,(H,15,19)(H,17,18). The van der Waals surface area contributed by atoms with Crippen LogP contribution in [0, 0.1) is 11.8 Å². The van der Waals surface area contributed by atoms with E-state index >= 15 is 0 Å². The summed E-state index contributed by atoms with van der Waals surface area (Å²) in [7, 11) is 0. The van der Waals surface area contributed by atoms with Gasteiger partial charge in [0.1, 0.15) is 6.54 Å². The Hall–Kier alpha value is -1.26. The third kappa shape index (κ3) is 5.49. The lowest BCUT2D eigenvalue weighted by Gasteiger charge is -2.29. The smallest absolute Gasteiger partial charge is 0.323 e. The van der Waals surface area contributed by atoms with E-state index in [2.05, 4.69) is 12.2 Å². The lowest BCUT2D eigenvalue weighted by molar-refractivity contribution is -0.138. The van der Waals surface area contributed by atoms with E-state index in [1.165, 1.54) is 17.7 Å². The van der Waals surface area contributed by atoms with Crippen molar-refractivity contribution in [3.8, 4) is 0 Å². The Morgan fingerprint density at radius 1 is 1.26 bits per heavy atom. The molecule has 1 aliphatic rings. The van der Waals surface area contributed by atoms with Crippen molar-refractivity contribution < 1.29 is 14.7 Å². The fourth-order valence-corrected chi connectivity index (χ4v) is 2.50. The van der Waals surface area contributed by atoms with Crippen LogP contribution in [0.5, 0.6) is 0 Å². The SMILES string of the molecule is CC1CCC(CNC(=O)N(CC(=O)O)C(C)C)CC1. The molecule has 1 saturated carbocycles. The Kier molecular flexibility index (Phi) is 6.12. The van der Waals surface area contributed by atoms with Gasteiger partial charge >= 0.3 is 12.0 Å². The second-order valence-corrected chi connectivity index (χ2v) is 5.93. The van der Waals surface area contributed by atoms with Gasteiger partial charge in [-0.05, 0) is 38.5 Å². The maximum atomic E-state index is 12.0. The molecule has 0 saturated heterocycles. The van der Waals surface area contributed by atoms with Crippen LogP contribution in [0.15, 0.2) is 0 Å². The van der Waals surface area contributed by atoms with Crippen LogP contribution in [0.3, 0.4) is 0 Å². The highest BCUT2D eigenvalue weighted by molar-refractivity contribution is 5.80. The largest absolute Gasteiger partial charge is 0.480 e. The molecule has 5 nitrogen and oxygen atoms in total. The third-order valence-electron chi connectivity index (χ3n) is 3.87. The van der Waals surface area contributed by atoms with E-state index in [1.807, 2.05) is 13.8 Å². The van der Waals surface area contributed by atoms with Crippen LogP contribution in [-0.2, 0) is 4.79 Å². The first-order chi connectivity index (χ1) is 8.90. The van der Waals surface area contributed by atoms with E-state index in [-0.39, 0.29) is 18.6 Å². The summed E-state index contributed by atoms with van der Waals surface area (Å²) < 4.78 is 0. The number of carboxylic acids is 1. The number of hydrogen-bond acceptors (Lipinski definition) is 2. The highest BCUT2D eigenvalue weighted by atomic mass is 16.4. The van der Waals surface area contributed by atoms with Gasteiger partial charge in [-0.2, -0.15) is 0 Å². The van der Waals surface area contributed by atoms with E-state index < -0.39 is 5.97 Å². The van der Waals surface area contributed by atoms with Crippen molar-refractivity contribution in [3.05, 3.63) is 0 Å². The number of aliphatic carboxylic acids is 1. The number of carbonyl (C=O) groups excluding carboxylic acids is 1. The van der Waals surface area contributed by atoms with Crippen LogP contribution in [0.2, 0.25) is 0 Å². The van der Waals surface area contributed by atoms with Gasteiger partial charge in [0.2, 0.25) is 0 Å². The highest BCUT2D eigenvalue weighted by Crippen LogP contribution is 2.27. The van der Waals surface area contributed by atoms with Gasteiger partial charge in [0.05, 0.1) is 0 Å². The minimum absolute atomic E-state index is 0.109. The molecule has 0 aromatic rings. The molecule has 0 aliphatic heterocycles. The number of carbonyl (C=O) groups is 2. The van der Waals surface area contributed by atoms with Crippen LogP contribution >= 0.6 is 0 Å². The molecule has 110 valence electrons. The minimum Gasteiger partial charge on any atom is -0.480 e. The fourth-order valence-electron chi connectivity index (χ4n) is 2.50. The Morgan fingerprint density at radius 3 is 2.32 bits per heavy atom. The number of nitrogens with zero attached hydrogens (tertiary/aromatic N) is 1. The van der Waals surface area contributed by atoms with E-state index in [4.69, 9.17) is 5.11 Å². The molecule has 0 aromatic carbocycles. The minimum atomic E-state index is -0.977. The summed E-state index contributed by atoms with van der Waals surface area (Å²) in [5.41, 5.74) is 0. The summed E-state index contributed by atoms with van der Waals surface area (Å²) in [5, 5.41) is 11.7. The molecule has 1 aliphatic carbocycles. The van der Waals surface area contributed by atoms with Gasteiger partial charge in [-0.15, -0.1) is 0 Å². The van der Waals surface area contributed by atoms with Crippen LogP contribution in [0.1, 0.15) is 46.5 Å². The summed E-state index contributed by atoms with van der Waals surface area (Å²) in [6, 6.07) is -0.376. The first-order valence-corrected chi connectivity index (χ1v) is 7.16. The molecular formula is C14H26N2O3. The third-order valence-corrected chi connectivity index (χ3v) is 3.87. The lowest BCUT2D eigenvalue weighted by Crippen LogP contribution is -2.47. The van der Waals surface area contributed by atoms with Crippen molar-refractivity contribution in [1.29, 1.82) is 0 Å². The van der Waals surface area contributed by atoms with Crippen LogP contribution in [-0.4, -0.2) is 41.1 Å². The van der Waals surface area contributed by atoms with Crippen LogP contribution < -0.4 is 5.32 Å². The number of rotatable bonds is 5. The monoisotopic (exact) mass is 270 g/mol. The van der Waals surface area contributed by atoms with Gasteiger partial charge in [-0.25, -0.2) is 4.79 Å². The Balaban J connectivity index is 2.37. The number of nitrogens with one attached hydrogen (secondary N) is 1. The molecule has 0 radical (unpaired) electrons. The average molecular weight is 270 g/mol. The highest BCUT2D eigenvalue weighted by Gasteiger charge is 2.22. The number of urea groups is 1. The Bertz CT molecular complexity index is 310. The van der Waals surface area contributed by atoms with Gasteiger partial charge < -0.3 is 15.3 Å². The summed E-state index contributed by atoms with van der Waals surface area (Å²) in [6.45, 7) is 6.33. The van der Waals surface area contributed by atoms with E-state index in [9.17, 15) is 9.59 Å². The zero-order chi connectivity index (χ0) is 14.4. The molecule has 0 bridgehead atoms. The molecular weight excluding hydrogens is 244 g/mol. The van der Waals surface area contributed by atoms with E-state index in [1.54, 1.807) is 0 Å². The van der Waals surface area contributed by atoms with Gasteiger partial charge in [0, 0.05) is 12.6 Å². The van der Waals surface area contributed by atoms with Gasteiger partial charge in [-0.1, -0.05) is 19.8 Å². The molecule has 0 unspecified atom stereocenters. The van der Waals surface area contributed by atoms with E-state index in [0.717, 1.165) is 18.8 Å². The van der Waals surface area contributed by atoms with Gasteiger partial charge in [0.15, 0.2) is 0 Å². The molecule has 1 rings (SSSR count). The normalized spacial score (nSPS) is 23.2. The fraction of sp³-hybridized carbons (Fsp3) is 0.857. The molecule has 1 fully saturated rings. The lowest BCUT2D eigenvalue weighted by atomic mass is 9.83. The first-order valence-electron chi connectivity index (χ1n) is 7.16. The molecule has 19 heavy (non-hydrogen) atoms. The summed E-state index contributed by atoms with van der Waals surface area (Å²) in [6.07, 6.45) is 4.76. The topological polar surface area (TPSA) is 69.6 Å². The quantitative estimate of drug-likeness (QED) is 0.805. The van der Waals surface area contributed by atoms with Crippen molar-refractivity contribution >= 4 is 12.0 Å². The maximum Gasteiger partial charge on any atom is 0.323 e. The second kappa shape index (κ2) is 7.36. The number of amides is 2. The van der Waals surface area contributed by atoms with Crippen LogP contribution in [0.4, 0.5) is 4.79 Å². The molecule has 0 aromatic heterocycles. The molecule has 2 amide bonds. The van der Waals surface area contributed by atoms with E-state index in [0.29, 0.717) is 12.5 Å². The molecule has 0 spiro atoms. The molecule has 5 heteroatoms. The first kappa shape index (κ1) is 15.8. The van der Waals surface area contributed by atoms with Crippen LogP contribution in [0.25, 0.3) is 0 Å². The zero-order valence-electron chi connectivity index (χ0n) is 12.2. The Morgan fingerprint density at radius 2 is 1.84 bits per heavy atom. The average Bonchev–Trinajstić information content (AvgIpc) is 2.34. The van der Waals surface area contributed by atoms with Crippen molar-refractivity contribution in [2.45, 2.75) is 52.5 Å². The second-order valence-electron chi connectivity index (χ2n) is 5.93. The summed E-state index contributed by atoms with van der Waals surface area (Å²) in [5.74, 6) is 0.362. The number of carboxylic acid groups (broad SMARTS) is 1. The van der Waals surface area contributed by atoms with Gasteiger partial charge in [-0.3, -0.25) is 4.79 Å². The molecule has 0 atom stereocenters. The molecule has 2 N–H and O–H groups in total. The Labute approximate surface area is 115 Å². The van der Waals surface area contributed by atoms with Crippen molar-refractivity contribution in [2.75, 3.05) is 13.1 Å². The predicted molar refractivity (Wildman–Crippen MR) is 74.0 cm³/mol. The summed E-state index contributed by atoms with van der Waals surface area (Å²) >= 11 is 0. The maximum absolute atomic E-state index is 12.0. The van der Waals surface area contributed by atoms with Crippen molar-refractivity contribution in [1.82, 2.24) is 10.2 Å². The predicted octanol–water partition coefficient (Wildman–Crippen LogP) is 2.32. The number of hydrogen-bond donors (Lipinski definition) is 2. The summed E-state index contributed by atoms with van der Waals surface area (Å²) in [4.78, 5) is 24.1. The zero-order valence-corrected chi connectivity index (χ0v) is 12.2. The van der Waals surface area contributed by atoms with Gasteiger partial charge in [0.25, 0.3) is 0 Å². The molecule has 0 heterocycles. The van der Waals surface area contributed by atoms with Crippen molar-refractivity contribution in [2.24, 2.45) is 11.8 Å².